The minimum atomic E-state index is 0.131. The van der Waals surface area contributed by atoms with Crippen LogP contribution in [0.1, 0.15) is 46.0 Å². The molecule has 1 aliphatic rings. The van der Waals surface area contributed by atoms with Gasteiger partial charge in [-0.25, -0.2) is 4.79 Å². The van der Waals surface area contributed by atoms with Gasteiger partial charge in [-0.15, -0.1) is 0 Å². The summed E-state index contributed by atoms with van der Waals surface area (Å²) in [5.74, 6) is 0. The van der Waals surface area contributed by atoms with E-state index in [4.69, 9.17) is 0 Å². The Labute approximate surface area is 112 Å². The van der Waals surface area contributed by atoms with Crippen LogP contribution in [0.4, 0.5) is 4.79 Å². The molecule has 1 N–H and O–H groups in total. The lowest BCUT2D eigenvalue weighted by atomic mass is 10.1. The van der Waals surface area contributed by atoms with Crippen molar-refractivity contribution in [3.05, 3.63) is 0 Å². The van der Waals surface area contributed by atoms with Crippen LogP contribution in [0.25, 0.3) is 0 Å². The Kier molecular flexibility index (Phi) is 7.09. The highest BCUT2D eigenvalue weighted by atomic mass is 16.2. The van der Waals surface area contributed by atoms with Gasteiger partial charge >= 0.3 is 6.03 Å². The molecule has 1 fully saturated rings. The maximum absolute atomic E-state index is 11.8. The summed E-state index contributed by atoms with van der Waals surface area (Å²) in [6.07, 6.45) is 5.80. The maximum atomic E-state index is 11.8. The van der Waals surface area contributed by atoms with E-state index in [2.05, 4.69) is 31.1 Å². The molecule has 0 unspecified atom stereocenters. The van der Waals surface area contributed by atoms with E-state index < -0.39 is 0 Å². The van der Waals surface area contributed by atoms with Gasteiger partial charge in [0, 0.05) is 25.7 Å². The largest absolute Gasteiger partial charge is 0.338 e. The maximum Gasteiger partial charge on any atom is 0.317 e. The summed E-state index contributed by atoms with van der Waals surface area (Å²) in [4.78, 5) is 16.1. The number of nitrogens with zero attached hydrogens (tertiary/aromatic N) is 2. The number of carbonyl (C=O) groups is 1. The van der Waals surface area contributed by atoms with E-state index in [-0.39, 0.29) is 6.03 Å². The van der Waals surface area contributed by atoms with Gasteiger partial charge in [0.1, 0.15) is 0 Å². The van der Waals surface area contributed by atoms with Gasteiger partial charge in [0.05, 0.1) is 0 Å². The van der Waals surface area contributed by atoms with Gasteiger partial charge in [0.25, 0.3) is 0 Å². The van der Waals surface area contributed by atoms with Crippen LogP contribution in [0.15, 0.2) is 0 Å². The zero-order valence-electron chi connectivity index (χ0n) is 12.2. The summed E-state index contributed by atoms with van der Waals surface area (Å²) in [7, 11) is 2.15. The van der Waals surface area contributed by atoms with Crippen molar-refractivity contribution in [3.8, 4) is 0 Å². The van der Waals surface area contributed by atoms with Crippen molar-refractivity contribution < 1.29 is 4.79 Å². The Hall–Kier alpha value is -0.770. The average molecular weight is 255 g/mol. The molecule has 0 spiro atoms. The van der Waals surface area contributed by atoms with Crippen LogP contribution in [0, 0.1) is 0 Å². The number of likely N-dealkylation sites (tertiary alicyclic amines) is 1. The van der Waals surface area contributed by atoms with Crippen molar-refractivity contribution in [1.29, 1.82) is 0 Å². The molecule has 1 saturated heterocycles. The number of nitrogens with one attached hydrogen (secondary N) is 1. The summed E-state index contributed by atoms with van der Waals surface area (Å²) in [6.45, 7) is 8.19. The van der Waals surface area contributed by atoms with Crippen LogP contribution >= 0.6 is 0 Å². The van der Waals surface area contributed by atoms with E-state index in [1.165, 1.54) is 6.42 Å². The Morgan fingerprint density at radius 1 is 1.22 bits per heavy atom. The number of hydrogen-bond donors (Lipinski definition) is 1. The van der Waals surface area contributed by atoms with Gasteiger partial charge in [-0.3, -0.25) is 0 Å². The minimum absolute atomic E-state index is 0.131. The molecule has 106 valence electrons. The predicted molar refractivity (Wildman–Crippen MR) is 75.8 cm³/mol. The number of urea groups is 1. The Morgan fingerprint density at radius 2 is 1.89 bits per heavy atom. The third-order valence-electron chi connectivity index (χ3n) is 3.74. The first-order chi connectivity index (χ1) is 8.61. The smallest absolute Gasteiger partial charge is 0.317 e. The number of carbonyl (C=O) groups excluding carboxylic acids is 1. The molecule has 0 bridgehead atoms. The van der Waals surface area contributed by atoms with Crippen LogP contribution < -0.4 is 5.32 Å². The van der Waals surface area contributed by atoms with Crippen molar-refractivity contribution in [1.82, 2.24) is 15.1 Å². The van der Waals surface area contributed by atoms with Gasteiger partial charge < -0.3 is 15.1 Å². The van der Waals surface area contributed by atoms with Gasteiger partial charge in [-0.2, -0.15) is 0 Å². The summed E-state index contributed by atoms with van der Waals surface area (Å²) in [5, 5.41) is 3.02. The van der Waals surface area contributed by atoms with E-state index in [0.29, 0.717) is 6.04 Å². The minimum Gasteiger partial charge on any atom is -0.338 e. The lowest BCUT2D eigenvalue weighted by Crippen LogP contribution is -2.43. The third-order valence-corrected chi connectivity index (χ3v) is 3.74. The van der Waals surface area contributed by atoms with E-state index in [9.17, 15) is 4.79 Å². The molecule has 0 atom stereocenters. The normalized spacial score (nSPS) is 16.4. The highest BCUT2D eigenvalue weighted by Crippen LogP contribution is 2.08. The highest BCUT2D eigenvalue weighted by Gasteiger charge is 2.15. The molecule has 4 nitrogen and oxygen atoms in total. The zero-order valence-corrected chi connectivity index (χ0v) is 12.2. The SMILES string of the molecule is CC(C)N(C)CCCCNC(=O)N1CCCCC1. The predicted octanol–water partition coefficient (Wildman–Crippen LogP) is 2.30. The van der Waals surface area contributed by atoms with Crippen molar-refractivity contribution in [2.45, 2.75) is 52.0 Å². The lowest BCUT2D eigenvalue weighted by molar-refractivity contribution is 0.186. The molecule has 4 heteroatoms. The fraction of sp³-hybridized carbons (Fsp3) is 0.929. The van der Waals surface area contributed by atoms with E-state index >= 15 is 0 Å². The fourth-order valence-corrected chi connectivity index (χ4v) is 2.15. The number of unbranched alkanes of at least 4 members (excludes halogenated alkanes) is 1. The molecule has 0 saturated carbocycles. The van der Waals surface area contributed by atoms with E-state index in [1.807, 2.05) is 4.90 Å². The molecule has 0 radical (unpaired) electrons. The Morgan fingerprint density at radius 3 is 2.50 bits per heavy atom. The van der Waals surface area contributed by atoms with Crippen LogP contribution in [-0.4, -0.2) is 55.1 Å². The summed E-state index contributed by atoms with van der Waals surface area (Å²) in [5.41, 5.74) is 0. The van der Waals surface area contributed by atoms with Crippen LogP contribution in [0.3, 0.4) is 0 Å². The molecular weight excluding hydrogens is 226 g/mol. The summed E-state index contributed by atoms with van der Waals surface area (Å²) >= 11 is 0. The first-order valence-electron chi connectivity index (χ1n) is 7.34. The van der Waals surface area contributed by atoms with Crippen molar-refractivity contribution in [2.24, 2.45) is 0 Å². The summed E-state index contributed by atoms with van der Waals surface area (Å²) < 4.78 is 0. The van der Waals surface area contributed by atoms with Crippen molar-refractivity contribution >= 4 is 6.03 Å². The molecule has 0 aromatic rings. The molecule has 2 amide bonds. The standard InChI is InChI=1S/C14H29N3O/c1-13(2)16(3)10-8-5-9-15-14(18)17-11-6-4-7-12-17/h13H,4-12H2,1-3H3,(H,15,18). The van der Waals surface area contributed by atoms with Gasteiger partial charge in [0.2, 0.25) is 0 Å². The molecule has 1 aliphatic heterocycles. The van der Waals surface area contributed by atoms with E-state index in [1.54, 1.807) is 0 Å². The summed E-state index contributed by atoms with van der Waals surface area (Å²) in [6, 6.07) is 0.736. The third kappa shape index (κ3) is 5.71. The van der Waals surface area contributed by atoms with Gasteiger partial charge in [-0.05, 0) is 59.5 Å². The monoisotopic (exact) mass is 255 g/mol. The number of hydrogen-bond acceptors (Lipinski definition) is 2. The topological polar surface area (TPSA) is 35.6 Å². The number of amides is 2. The molecule has 0 aromatic carbocycles. The molecule has 18 heavy (non-hydrogen) atoms. The van der Waals surface area contributed by atoms with Gasteiger partial charge in [-0.1, -0.05) is 0 Å². The second kappa shape index (κ2) is 8.35. The van der Waals surface area contributed by atoms with Gasteiger partial charge in [0.15, 0.2) is 0 Å². The number of piperidine rings is 1. The average Bonchev–Trinajstić information content (AvgIpc) is 2.38. The highest BCUT2D eigenvalue weighted by molar-refractivity contribution is 5.74. The second-order valence-electron chi connectivity index (χ2n) is 5.56. The van der Waals surface area contributed by atoms with Crippen molar-refractivity contribution in [2.75, 3.05) is 33.2 Å². The fourth-order valence-electron chi connectivity index (χ4n) is 2.15. The molecule has 0 aromatic heterocycles. The second-order valence-corrected chi connectivity index (χ2v) is 5.56. The van der Waals surface area contributed by atoms with E-state index in [0.717, 1.165) is 51.9 Å². The van der Waals surface area contributed by atoms with Crippen LogP contribution in [0.5, 0.6) is 0 Å². The zero-order chi connectivity index (χ0) is 13.4. The molecular formula is C14H29N3O. The first kappa shape index (κ1) is 15.3. The van der Waals surface area contributed by atoms with Crippen LogP contribution in [-0.2, 0) is 0 Å². The van der Waals surface area contributed by atoms with Crippen molar-refractivity contribution in [3.63, 3.8) is 0 Å². The number of rotatable bonds is 6. The van der Waals surface area contributed by atoms with Crippen LogP contribution in [0.2, 0.25) is 0 Å². The molecule has 1 heterocycles. The lowest BCUT2D eigenvalue weighted by Gasteiger charge is -2.27. The quantitative estimate of drug-likeness (QED) is 0.739. The molecule has 0 aliphatic carbocycles. The first-order valence-corrected chi connectivity index (χ1v) is 7.34. The molecule has 1 rings (SSSR count). The Bertz CT molecular complexity index is 237. The Balaban J connectivity index is 2.01.